The first-order valence-electron chi connectivity index (χ1n) is 11.8. The van der Waals surface area contributed by atoms with Crippen LogP contribution in [0.5, 0.6) is 17.4 Å². The number of methoxy groups -OCH3 is 1. The van der Waals surface area contributed by atoms with Crippen molar-refractivity contribution >= 4 is 38.2 Å². The largest absolute Gasteiger partial charge is 0.493 e. The highest BCUT2D eigenvalue weighted by atomic mass is 35.5. The lowest BCUT2D eigenvalue weighted by Crippen LogP contribution is -2.19. The SMILES string of the molecule is COc1ccc(COc2nc3ccncc3cc2NS(=O)(=O)c2cccc(Cl)c2C)cc1OCCN(C)C. The molecule has 2 heterocycles. The Kier molecular flexibility index (Phi) is 8.55. The summed E-state index contributed by atoms with van der Waals surface area (Å²) in [7, 11) is 1.53. The van der Waals surface area contributed by atoms with Gasteiger partial charge in [-0.2, -0.15) is 0 Å². The molecule has 1 N–H and O–H groups in total. The number of pyridine rings is 2. The average Bonchev–Trinajstić information content (AvgIpc) is 2.88. The number of fused-ring (bicyclic) bond motifs is 1. The van der Waals surface area contributed by atoms with Gasteiger partial charge < -0.3 is 19.1 Å². The van der Waals surface area contributed by atoms with Gasteiger partial charge >= 0.3 is 0 Å². The first-order chi connectivity index (χ1) is 18.2. The zero-order valence-electron chi connectivity index (χ0n) is 21.6. The summed E-state index contributed by atoms with van der Waals surface area (Å²) in [6.07, 6.45) is 3.22. The summed E-state index contributed by atoms with van der Waals surface area (Å²) in [6, 6.07) is 13.6. The molecule has 0 spiro atoms. The molecule has 0 aliphatic rings. The molecule has 0 bridgehead atoms. The number of nitrogens with one attached hydrogen (secondary N) is 1. The van der Waals surface area contributed by atoms with E-state index in [0.29, 0.717) is 39.6 Å². The quantitative estimate of drug-likeness (QED) is 0.278. The third-order valence-corrected chi connectivity index (χ3v) is 7.65. The molecule has 200 valence electrons. The highest BCUT2D eigenvalue weighted by Crippen LogP contribution is 2.33. The van der Waals surface area contributed by atoms with Crippen molar-refractivity contribution in [1.82, 2.24) is 14.9 Å². The van der Waals surface area contributed by atoms with E-state index in [2.05, 4.69) is 14.7 Å². The lowest BCUT2D eigenvalue weighted by atomic mass is 10.2. The third kappa shape index (κ3) is 6.45. The monoisotopic (exact) mass is 556 g/mol. The molecule has 0 fully saturated rings. The Morgan fingerprint density at radius 3 is 2.63 bits per heavy atom. The second-order valence-electron chi connectivity index (χ2n) is 8.80. The molecule has 0 unspecified atom stereocenters. The van der Waals surface area contributed by atoms with E-state index < -0.39 is 10.0 Å². The number of likely N-dealkylation sites (N-methyl/N-ethyl adjacent to an activating group) is 1. The summed E-state index contributed by atoms with van der Waals surface area (Å²) in [5.74, 6) is 1.32. The molecule has 0 atom stereocenters. The smallest absolute Gasteiger partial charge is 0.262 e. The summed E-state index contributed by atoms with van der Waals surface area (Å²) in [5, 5.41) is 1.01. The molecule has 0 amide bonds. The molecule has 0 saturated heterocycles. The molecule has 11 heteroatoms. The summed E-state index contributed by atoms with van der Waals surface area (Å²) in [4.78, 5) is 10.8. The number of hydrogen-bond acceptors (Lipinski definition) is 8. The number of benzene rings is 2. The van der Waals surface area contributed by atoms with Crippen LogP contribution >= 0.6 is 11.6 Å². The molecular formula is C27H29ClN4O5S. The normalized spacial score (nSPS) is 11.5. The van der Waals surface area contributed by atoms with Gasteiger partial charge in [0, 0.05) is 29.3 Å². The Labute approximate surface area is 227 Å². The Balaban J connectivity index is 1.63. The number of halogens is 1. The van der Waals surface area contributed by atoms with E-state index in [9.17, 15) is 8.42 Å². The Hall–Kier alpha value is -3.60. The predicted molar refractivity (Wildman–Crippen MR) is 148 cm³/mol. The maximum absolute atomic E-state index is 13.3. The molecule has 9 nitrogen and oxygen atoms in total. The summed E-state index contributed by atoms with van der Waals surface area (Å²) in [5.41, 5.74) is 2.03. The molecular weight excluding hydrogens is 528 g/mol. The van der Waals surface area contributed by atoms with Gasteiger partial charge in [-0.1, -0.05) is 23.7 Å². The zero-order chi connectivity index (χ0) is 27.3. The van der Waals surface area contributed by atoms with Crippen LogP contribution in [0.1, 0.15) is 11.1 Å². The van der Waals surface area contributed by atoms with E-state index in [4.69, 9.17) is 25.8 Å². The van der Waals surface area contributed by atoms with Crippen molar-refractivity contribution in [3.8, 4) is 17.4 Å². The van der Waals surface area contributed by atoms with Crippen molar-refractivity contribution in [2.75, 3.05) is 39.1 Å². The van der Waals surface area contributed by atoms with Gasteiger partial charge in [0.25, 0.3) is 10.0 Å². The van der Waals surface area contributed by atoms with E-state index in [0.717, 1.165) is 12.1 Å². The van der Waals surface area contributed by atoms with Crippen molar-refractivity contribution in [3.05, 3.63) is 77.1 Å². The van der Waals surface area contributed by atoms with Crippen LogP contribution in [0.4, 0.5) is 5.69 Å². The molecule has 0 aliphatic carbocycles. The lowest BCUT2D eigenvalue weighted by Gasteiger charge is -2.16. The number of sulfonamides is 1. The van der Waals surface area contributed by atoms with E-state index in [1.54, 1.807) is 56.8 Å². The van der Waals surface area contributed by atoms with Crippen molar-refractivity contribution in [3.63, 3.8) is 0 Å². The van der Waals surface area contributed by atoms with Crippen LogP contribution in [0, 0.1) is 6.92 Å². The van der Waals surface area contributed by atoms with E-state index in [1.807, 2.05) is 31.1 Å². The first-order valence-corrected chi connectivity index (χ1v) is 13.6. The van der Waals surface area contributed by atoms with E-state index in [1.165, 1.54) is 6.07 Å². The van der Waals surface area contributed by atoms with Crippen LogP contribution in [0.25, 0.3) is 10.9 Å². The highest BCUT2D eigenvalue weighted by Gasteiger charge is 2.21. The van der Waals surface area contributed by atoms with Gasteiger partial charge in [-0.3, -0.25) is 9.71 Å². The van der Waals surface area contributed by atoms with Crippen LogP contribution in [0.2, 0.25) is 5.02 Å². The average molecular weight is 557 g/mol. The fourth-order valence-corrected chi connectivity index (χ4v) is 5.22. The molecule has 4 aromatic rings. The van der Waals surface area contributed by atoms with Crippen molar-refractivity contribution in [1.29, 1.82) is 0 Å². The van der Waals surface area contributed by atoms with E-state index in [-0.39, 0.29) is 23.1 Å². The predicted octanol–water partition coefficient (Wildman–Crippen LogP) is 4.92. The topological polar surface area (TPSA) is 103 Å². The maximum Gasteiger partial charge on any atom is 0.262 e. The van der Waals surface area contributed by atoms with Crippen molar-refractivity contribution < 1.29 is 22.6 Å². The second kappa shape index (κ2) is 11.8. The van der Waals surface area contributed by atoms with Gasteiger partial charge in [-0.15, -0.1) is 0 Å². The minimum Gasteiger partial charge on any atom is -0.493 e. The minimum absolute atomic E-state index is 0.0666. The zero-order valence-corrected chi connectivity index (χ0v) is 23.1. The Morgan fingerprint density at radius 1 is 1.05 bits per heavy atom. The summed E-state index contributed by atoms with van der Waals surface area (Å²) in [6.45, 7) is 3.00. The van der Waals surface area contributed by atoms with Gasteiger partial charge in [0.2, 0.25) is 5.88 Å². The fourth-order valence-electron chi connectivity index (χ4n) is 3.67. The molecule has 0 saturated carbocycles. The van der Waals surface area contributed by atoms with Gasteiger partial charge in [-0.05, 0) is 68.5 Å². The molecule has 0 radical (unpaired) electrons. The summed E-state index contributed by atoms with van der Waals surface area (Å²) < 4.78 is 46.6. The maximum atomic E-state index is 13.3. The van der Waals surface area contributed by atoms with Crippen molar-refractivity contribution in [2.24, 2.45) is 0 Å². The Bertz CT molecular complexity index is 1550. The van der Waals surface area contributed by atoms with Gasteiger partial charge in [0.1, 0.15) is 18.9 Å². The van der Waals surface area contributed by atoms with Crippen LogP contribution in [0.3, 0.4) is 0 Å². The number of anilines is 1. The van der Waals surface area contributed by atoms with Gasteiger partial charge in [0.15, 0.2) is 11.5 Å². The third-order valence-electron chi connectivity index (χ3n) is 5.73. The minimum atomic E-state index is -3.99. The van der Waals surface area contributed by atoms with Crippen LogP contribution in [-0.4, -0.2) is 57.6 Å². The van der Waals surface area contributed by atoms with Gasteiger partial charge in [0.05, 0.1) is 17.5 Å². The fraction of sp³-hybridized carbons (Fsp3) is 0.259. The summed E-state index contributed by atoms with van der Waals surface area (Å²) >= 11 is 6.17. The standard InChI is InChI=1S/C27H29ClN4O5S/c1-18-21(28)6-5-7-26(18)38(33,34)31-23-15-20-16-29-11-10-22(20)30-27(23)37-17-19-8-9-24(35-4)25(14-19)36-13-12-32(2)3/h5-11,14-16,31H,12-13,17H2,1-4H3. The Morgan fingerprint density at radius 2 is 1.87 bits per heavy atom. The second-order valence-corrected chi connectivity index (χ2v) is 10.9. The number of rotatable bonds is 11. The number of nitrogens with zero attached hydrogens (tertiary/aromatic N) is 3. The first kappa shape index (κ1) is 27.4. The lowest BCUT2D eigenvalue weighted by molar-refractivity contribution is 0.249. The number of ether oxygens (including phenoxy) is 3. The van der Waals surface area contributed by atoms with Crippen molar-refractivity contribution in [2.45, 2.75) is 18.4 Å². The molecule has 2 aromatic heterocycles. The number of aromatic nitrogens is 2. The van der Waals surface area contributed by atoms with Crippen LogP contribution < -0.4 is 18.9 Å². The van der Waals surface area contributed by atoms with Crippen LogP contribution in [0.15, 0.2) is 65.8 Å². The van der Waals surface area contributed by atoms with Gasteiger partial charge in [-0.25, -0.2) is 13.4 Å². The molecule has 0 aliphatic heterocycles. The highest BCUT2D eigenvalue weighted by molar-refractivity contribution is 7.92. The van der Waals surface area contributed by atoms with Crippen LogP contribution in [-0.2, 0) is 16.6 Å². The molecule has 2 aromatic carbocycles. The van der Waals surface area contributed by atoms with E-state index >= 15 is 0 Å². The molecule has 4 rings (SSSR count). The molecule has 38 heavy (non-hydrogen) atoms. The number of hydrogen-bond donors (Lipinski definition) is 1.